The molecule has 0 saturated carbocycles. The number of aromatic nitrogens is 2. The average Bonchev–Trinajstić information content (AvgIpc) is 3.10. The first-order valence-electron chi connectivity index (χ1n) is 14.5. The van der Waals surface area contributed by atoms with Gasteiger partial charge in [-0.15, -0.1) is 0 Å². The van der Waals surface area contributed by atoms with Gasteiger partial charge in [0, 0.05) is 51.2 Å². The van der Waals surface area contributed by atoms with E-state index in [9.17, 15) is 18.0 Å². The summed E-state index contributed by atoms with van der Waals surface area (Å²) < 4.78 is 59.8. The molecule has 42 heavy (non-hydrogen) atoms. The van der Waals surface area contributed by atoms with E-state index in [0.717, 1.165) is 12.8 Å². The van der Waals surface area contributed by atoms with Crippen molar-refractivity contribution in [2.75, 3.05) is 62.7 Å². The number of amides is 1. The van der Waals surface area contributed by atoms with Crippen molar-refractivity contribution >= 4 is 23.4 Å². The van der Waals surface area contributed by atoms with Crippen LogP contribution in [0.4, 0.5) is 35.3 Å². The largest absolute Gasteiger partial charge is 0.486 e. The third-order valence-electron chi connectivity index (χ3n) is 8.28. The van der Waals surface area contributed by atoms with E-state index in [1.54, 1.807) is 11.0 Å². The molecule has 1 aromatic carbocycles. The molecule has 0 bridgehead atoms. The Morgan fingerprint density at radius 2 is 1.76 bits per heavy atom. The third kappa shape index (κ3) is 5.94. The van der Waals surface area contributed by atoms with Gasteiger partial charge in [0.15, 0.2) is 5.75 Å². The zero-order valence-corrected chi connectivity index (χ0v) is 24.2. The van der Waals surface area contributed by atoms with E-state index in [-0.39, 0.29) is 36.1 Å². The second-order valence-corrected chi connectivity index (χ2v) is 12.3. The Morgan fingerprint density at radius 3 is 2.43 bits per heavy atom. The molecule has 10 nitrogen and oxygen atoms in total. The van der Waals surface area contributed by atoms with E-state index in [0.29, 0.717) is 75.2 Å². The van der Waals surface area contributed by atoms with Gasteiger partial charge >= 0.3 is 12.3 Å². The molecular weight excluding hydrogens is 553 g/mol. The summed E-state index contributed by atoms with van der Waals surface area (Å²) in [7, 11) is 0. The minimum absolute atomic E-state index is 0.0425. The standard InChI is InChI=1S/C29H37F3N6O4/c1-28(2,3)42-27(39)37-6-4-20(5-7-37)38-14-19(15-38)18-12-22(29(30,31)32)24-23(13-18)35-25-21(16-41-24)26(34-17-33-25)36-8-10-40-11-9-36/h12-13,17,19-20H,4-11,14-16H2,1-3H3,(H,33,34,35). The molecule has 1 N–H and O–H groups in total. The summed E-state index contributed by atoms with van der Waals surface area (Å²) in [5, 5.41) is 3.15. The maximum absolute atomic E-state index is 14.3. The number of rotatable bonds is 3. The molecule has 0 aliphatic carbocycles. The first-order chi connectivity index (χ1) is 20.0. The highest BCUT2D eigenvalue weighted by Crippen LogP contribution is 2.47. The predicted molar refractivity (Wildman–Crippen MR) is 149 cm³/mol. The van der Waals surface area contributed by atoms with E-state index in [1.165, 1.54) is 12.4 Å². The minimum Gasteiger partial charge on any atom is -0.486 e. The van der Waals surface area contributed by atoms with Gasteiger partial charge in [0.1, 0.15) is 30.2 Å². The summed E-state index contributed by atoms with van der Waals surface area (Å²) >= 11 is 0. The van der Waals surface area contributed by atoms with Crippen molar-refractivity contribution in [1.82, 2.24) is 19.8 Å². The molecule has 5 heterocycles. The van der Waals surface area contributed by atoms with Crippen LogP contribution in [0, 0.1) is 0 Å². The Hall–Kier alpha value is -3.32. The lowest BCUT2D eigenvalue weighted by Crippen LogP contribution is -2.55. The maximum atomic E-state index is 14.3. The molecule has 6 rings (SSSR count). The van der Waals surface area contributed by atoms with Crippen molar-refractivity contribution in [3.8, 4) is 5.75 Å². The monoisotopic (exact) mass is 590 g/mol. The molecule has 4 aliphatic heterocycles. The fourth-order valence-electron chi connectivity index (χ4n) is 6.07. The number of fused-ring (bicyclic) bond motifs is 2. The fraction of sp³-hybridized carbons (Fsp3) is 0.621. The zero-order chi connectivity index (χ0) is 29.6. The highest BCUT2D eigenvalue weighted by atomic mass is 19.4. The second-order valence-electron chi connectivity index (χ2n) is 12.3. The Kier molecular flexibility index (Phi) is 7.58. The normalized spacial score (nSPS) is 20.5. The molecule has 0 radical (unpaired) electrons. The molecule has 0 atom stereocenters. The number of ether oxygens (including phenoxy) is 3. The van der Waals surface area contributed by atoms with Crippen LogP contribution in [0.3, 0.4) is 0 Å². The Balaban J connectivity index is 1.17. The Morgan fingerprint density at radius 1 is 1.05 bits per heavy atom. The number of morpholine rings is 1. The van der Waals surface area contributed by atoms with Crippen molar-refractivity contribution in [1.29, 1.82) is 0 Å². The van der Waals surface area contributed by atoms with Crippen molar-refractivity contribution in [2.45, 2.75) is 64.0 Å². The summed E-state index contributed by atoms with van der Waals surface area (Å²) in [5.41, 5.74) is 0.167. The first-order valence-corrected chi connectivity index (χ1v) is 14.5. The van der Waals surface area contributed by atoms with Crippen LogP contribution in [0.5, 0.6) is 5.75 Å². The minimum atomic E-state index is -4.59. The highest BCUT2D eigenvalue weighted by molar-refractivity contribution is 5.74. The van der Waals surface area contributed by atoms with Gasteiger partial charge in [0.05, 0.1) is 30.0 Å². The molecule has 1 aromatic heterocycles. The van der Waals surface area contributed by atoms with Gasteiger partial charge < -0.3 is 29.3 Å². The molecule has 2 aromatic rings. The van der Waals surface area contributed by atoms with E-state index < -0.39 is 17.3 Å². The van der Waals surface area contributed by atoms with Crippen molar-refractivity contribution in [2.24, 2.45) is 0 Å². The van der Waals surface area contributed by atoms with Gasteiger partial charge in [-0.1, -0.05) is 0 Å². The quantitative estimate of drug-likeness (QED) is 0.543. The second kappa shape index (κ2) is 11.1. The number of likely N-dealkylation sites (tertiary alicyclic amines) is 2. The molecule has 3 saturated heterocycles. The molecule has 0 spiro atoms. The van der Waals surface area contributed by atoms with Crippen LogP contribution in [0.1, 0.15) is 56.2 Å². The lowest BCUT2D eigenvalue weighted by atomic mass is 9.86. The molecule has 0 unspecified atom stereocenters. The smallest absolute Gasteiger partial charge is 0.420 e. The number of benzene rings is 1. The van der Waals surface area contributed by atoms with Gasteiger partial charge in [-0.3, -0.25) is 4.90 Å². The topological polar surface area (TPSA) is 92.3 Å². The van der Waals surface area contributed by atoms with E-state index in [4.69, 9.17) is 14.2 Å². The van der Waals surface area contributed by atoms with Gasteiger partial charge in [-0.25, -0.2) is 14.8 Å². The number of nitrogens with zero attached hydrogens (tertiary/aromatic N) is 5. The van der Waals surface area contributed by atoms with Crippen LogP contribution >= 0.6 is 0 Å². The first kappa shape index (κ1) is 28.8. The van der Waals surface area contributed by atoms with Gasteiger partial charge in [-0.05, 0) is 51.3 Å². The maximum Gasteiger partial charge on any atom is 0.420 e. The van der Waals surface area contributed by atoms with Gasteiger partial charge in [-0.2, -0.15) is 13.2 Å². The van der Waals surface area contributed by atoms with E-state index in [2.05, 4.69) is 20.2 Å². The summed E-state index contributed by atoms with van der Waals surface area (Å²) in [6.07, 6.45) is -1.85. The van der Waals surface area contributed by atoms with Crippen LogP contribution < -0.4 is 15.0 Å². The number of hydrogen-bond donors (Lipinski definition) is 1. The lowest BCUT2D eigenvalue weighted by molar-refractivity contribution is -0.139. The number of nitrogens with one attached hydrogen (secondary N) is 1. The van der Waals surface area contributed by atoms with E-state index in [1.807, 2.05) is 25.7 Å². The predicted octanol–water partition coefficient (Wildman–Crippen LogP) is 4.77. The average molecular weight is 591 g/mol. The van der Waals surface area contributed by atoms with Crippen LogP contribution in [-0.4, -0.2) is 90.0 Å². The van der Waals surface area contributed by atoms with Crippen LogP contribution in [0.2, 0.25) is 0 Å². The van der Waals surface area contributed by atoms with Crippen molar-refractivity contribution < 1.29 is 32.2 Å². The lowest BCUT2D eigenvalue weighted by Gasteiger charge is -2.47. The van der Waals surface area contributed by atoms with Crippen molar-refractivity contribution in [3.63, 3.8) is 0 Å². The van der Waals surface area contributed by atoms with Gasteiger partial charge in [0.25, 0.3) is 0 Å². The van der Waals surface area contributed by atoms with Gasteiger partial charge in [0.2, 0.25) is 0 Å². The molecule has 1 amide bonds. The van der Waals surface area contributed by atoms with Crippen LogP contribution in [0.15, 0.2) is 18.5 Å². The number of anilines is 3. The number of halogens is 3. The van der Waals surface area contributed by atoms with Crippen molar-refractivity contribution in [3.05, 3.63) is 35.2 Å². The number of carbonyl (C=O) groups excluding carboxylic acids is 1. The fourth-order valence-corrected chi connectivity index (χ4v) is 6.07. The summed E-state index contributed by atoms with van der Waals surface area (Å²) in [4.78, 5) is 27.3. The SMILES string of the molecule is CC(C)(C)OC(=O)N1CCC(N2CC(c3cc4c(c(C(F)(F)F)c3)OCc3c(ncnc3N3CCOCC3)N4)C2)CC1. The molecule has 228 valence electrons. The van der Waals surface area contributed by atoms with Crippen LogP contribution in [-0.2, 0) is 22.3 Å². The molecule has 3 fully saturated rings. The van der Waals surface area contributed by atoms with Crippen LogP contribution in [0.25, 0.3) is 0 Å². The highest BCUT2D eigenvalue weighted by Gasteiger charge is 2.41. The summed E-state index contributed by atoms with van der Waals surface area (Å²) in [6.45, 7) is 10.4. The third-order valence-corrected chi connectivity index (χ3v) is 8.28. The summed E-state index contributed by atoms with van der Waals surface area (Å²) in [6, 6.07) is 3.29. The number of hydrogen-bond acceptors (Lipinski definition) is 9. The molecule has 13 heteroatoms. The molecular formula is C29H37F3N6O4. The number of alkyl halides is 3. The summed E-state index contributed by atoms with van der Waals surface area (Å²) in [5.74, 6) is 0.828. The molecule has 4 aliphatic rings. The van der Waals surface area contributed by atoms with E-state index >= 15 is 0 Å². The number of piperidine rings is 1. The Labute approximate surface area is 243 Å². The number of carbonyl (C=O) groups is 1. The zero-order valence-electron chi connectivity index (χ0n) is 24.2. The Bertz CT molecular complexity index is 1310.